The molecule has 2 N–H and O–H groups in total. The van der Waals surface area contributed by atoms with Crippen molar-refractivity contribution in [3.05, 3.63) is 42.5 Å². The highest BCUT2D eigenvalue weighted by molar-refractivity contribution is 5.80. The molecule has 144 valence electrons. The first-order chi connectivity index (χ1) is 13.2. The Bertz CT molecular complexity index is 747. The fourth-order valence-electron chi connectivity index (χ4n) is 3.33. The minimum Gasteiger partial charge on any atom is -0.359 e. The van der Waals surface area contributed by atoms with Gasteiger partial charge in [-0.3, -0.25) is 9.79 Å². The first-order valence-electron chi connectivity index (χ1n) is 9.29. The molecule has 0 bridgehead atoms. The smallest absolute Gasteiger partial charge is 0.220 e. The fourth-order valence-corrected chi connectivity index (χ4v) is 3.33. The van der Waals surface area contributed by atoms with Gasteiger partial charge in [-0.25, -0.2) is 9.67 Å². The Kier molecular flexibility index (Phi) is 6.40. The van der Waals surface area contributed by atoms with Gasteiger partial charge in [0.1, 0.15) is 12.7 Å². The van der Waals surface area contributed by atoms with Crippen molar-refractivity contribution in [3.8, 4) is 5.69 Å². The van der Waals surface area contributed by atoms with E-state index in [9.17, 15) is 4.79 Å². The standard InChI is InChI=1S/C19H27N7O/c1-20-18(27)11-15-7-9-25(10-8-15)19(21-2)23-12-16-3-5-17(6-4-16)26-14-22-13-24-26/h3-6,13-15H,7-12H2,1-2H3,(H,20,27)(H,21,23). The van der Waals surface area contributed by atoms with Crippen LogP contribution in [0, 0.1) is 5.92 Å². The molecule has 1 aromatic heterocycles. The summed E-state index contributed by atoms with van der Waals surface area (Å²) in [5, 5.41) is 10.3. The van der Waals surface area contributed by atoms with Crippen molar-refractivity contribution in [3.63, 3.8) is 0 Å². The van der Waals surface area contributed by atoms with Gasteiger partial charge in [0.15, 0.2) is 5.96 Å². The molecule has 8 heteroatoms. The molecule has 0 aliphatic carbocycles. The quantitative estimate of drug-likeness (QED) is 0.611. The molecule has 0 radical (unpaired) electrons. The average molecular weight is 369 g/mol. The number of guanidine groups is 1. The summed E-state index contributed by atoms with van der Waals surface area (Å²) >= 11 is 0. The predicted octanol–water partition coefficient (Wildman–Crippen LogP) is 1.19. The number of nitrogens with one attached hydrogen (secondary N) is 2. The van der Waals surface area contributed by atoms with Gasteiger partial charge in [0, 0.05) is 40.2 Å². The van der Waals surface area contributed by atoms with Crippen LogP contribution in [0.5, 0.6) is 0 Å². The maximum absolute atomic E-state index is 11.5. The molecular formula is C19H27N7O. The van der Waals surface area contributed by atoms with Gasteiger partial charge in [0.05, 0.1) is 5.69 Å². The van der Waals surface area contributed by atoms with Crippen LogP contribution < -0.4 is 10.6 Å². The Morgan fingerprint density at radius 1 is 1.26 bits per heavy atom. The lowest BCUT2D eigenvalue weighted by molar-refractivity contribution is -0.121. The Morgan fingerprint density at radius 2 is 2.00 bits per heavy atom. The summed E-state index contributed by atoms with van der Waals surface area (Å²) in [4.78, 5) is 22.2. The van der Waals surface area contributed by atoms with E-state index >= 15 is 0 Å². The molecule has 2 aromatic rings. The van der Waals surface area contributed by atoms with E-state index in [-0.39, 0.29) is 5.91 Å². The first kappa shape index (κ1) is 18.9. The lowest BCUT2D eigenvalue weighted by atomic mass is 9.93. The van der Waals surface area contributed by atoms with Gasteiger partial charge in [-0.2, -0.15) is 5.10 Å². The SMILES string of the molecule is CN=C(NCc1ccc(-n2cncn2)cc1)N1CCC(CC(=O)NC)CC1. The van der Waals surface area contributed by atoms with E-state index in [0.29, 0.717) is 18.9 Å². The average Bonchev–Trinajstić information content (AvgIpc) is 3.25. The monoisotopic (exact) mass is 369 g/mol. The third-order valence-corrected chi connectivity index (χ3v) is 4.95. The Morgan fingerprint density at radius 3 is 2.59 bits per heavy atom. The number of hydrogen-bond acceptors (Lipinski definition) is 4. The van der Waals surface area contributed by atoms with Crippen LogP contribution in [-0.4, -0.2) is 58.7 Å². The second-order valence-electron chi connectivity index (χ2n) is 6.71. The van der Waals surface area contributed by atoms with Crippen LogP contribution in [0.4, 0.5) is 0 Å². The van der Waals surface area contributed by atoms with Crippen molar-refractivity contribution in [2.24, 2.45) is 10.9 Å². The first-order valence-corrected chi connectivity index (χ1v) is 9.29. The number of aliphatic imine (C=N–C) groups is 1. The molecule has 27 heavy (non-hydrogen) atoms. The summed E-state index contributed by atoms with van der Waals surface area (Å²) < 4.78 is 1.74. The van der Waals surface area contributed by atoms with Gasteiger partial charge >= 0.3 is 0 Å². The van der Waals surface area contributed by atoms with Gasteiger partial charge in [-0.15, -0.1) is 0 Å². The van der Waals surface area contributed by atoms with Crippen molar-refractivity contribution >= 4 is 11.9 Å². The molecule has 1 fully saturated rings. The highest BCUT2D eigenvalue weighted by Crippen LogP contribution is 2.20. The molecule has 1 saturated heterocycles. The molecule has 8 nitrogen and oxygen atoms in total. The zero-order chi connectivity index (χ0) is 19.1. The second-order valence-corrected chi connectivity index (χ2v) is 6.71. The maximum Gasteiger partial charge on any atom is 0.220 e. The van der Waals surface area contributed by atoms with E-state index < -0.39 is 0 Å². The van der Waals surface area contributed by atoms with E-state index in [0.717, 1.165) is 37.6 Å². The molecule has 1 aromatic carbocycles. The number of aromatic nitrogens is 3. The summed E-state index contributed by atoms with van der Waals surface area (Å²) in [6, 6.07) is 8.21. The van der Waals surface area contributed by atoms with Gasteiger partial charge in [-0.05, 0) is 36.5 Å². The molecular weight excluding hydrogens is 342 g/mol. The lowest BCUT2D eigenvalue weighted by Gasteiger charge is -2.34. The van der Waals surface area contributed by atoms with E-state index in [1.807, 2.05) is 19.2 Å². The summed E-state index contributed by atoms with van der Waals surface area (Å²) in [5.41, 5.74) is 2.16. The summed E-state index contributed by atoms with van der Waals surface area (Å²) in [5.74, 6) is 1.50. The topological polar surface area (TPSA) is 87.4 Å². The van der Waals surface area contributed by atoms with Gasteiger partial charge in [0.2, 0.25) is 5.91 Å². The molecule has 1 aliphatic heterocycles. The summed E-state index contributed by atoms with van der Waals surface area (Å²) in [6.45, 7) is 2.56. The number of carbonyl (C=O) groups excluding carboxylic acids is 1. The van der Waals surface area contributed by atoms with Crippen molar-refractivity contribution in [2.45, 2.75) is 25.8 Å². The molecule has 0 saturated carbocycles. The van der Waals surface area contributed by atoms with Gasteiger partial charge < -0.3 is 15.5 Å². The molecule has 0 spiro atoms. The predicted molar refractivity (Wildman–Crippen MR) is 105 cm³/mol. The number of carbonyl (C=O) groups is 1. The zero-order valence-corrected chi connectivity index (χ0v) is 15.9. The van der Waals surface area contributed by atoms with Gasteiger partial charge in [-0.1, -0.05) is 12.1 Å². The highest BCUT2D eigenvalue weighted by Gasteiger charge is 2.22. The molecule has 1 aliphatic rings. The zero-order valence-electron chi connectivity index (χ0n) is 15.9. The van der Waals surface area contributed by atoms with Crippen LogP contribution in [0.15, 0.2) is 41.9 Å². The molecule has 1 amide bonds. The van der Waals surface area contributed by atoms with Crippen LogP contribution in [0.2, 0.25) is 0 Å². The molecule has 2 heterocycles. The molecule has 3 rings (SSSR count). The number of benzene rings is 1. The van der Waals surface area contributed by atoms with E-state index in [2.05, 4.69) is 42.7 Å². The Hall–Kier alpha value is -2.90. The van der Waals surface area contributed by atoms with Crippen LogP contribution in [-0.2, 0) is 11.3 Å². The normalized spacial score (nSPS) is 15.6. The van der Waals surface area contributed by atoms with E-state index in [4.69, 9.17) is 0 Å². The van der Waals surface area contributed by atoms with Crippen molar-refractivity contribution < 1.29 is 4.79 Å². The van der Waals surface area contributed by atoms with Crippen LogP contribution in [0.25, 0.3) is 5.69 Å². The minimum absolute atomic E-state index is 0.130. The fraction of sp³-hybridized carbons (Fsp3) is 0.474. The second kappa shape index (κ2) is 9.16. The van der Waals surface area contributed by atoms with Crippen LogP contribution in [0.3, 0.4) is 0 Å². The van der Waals surface area contributed by atoms with E-state index in [1.165, 1.54) is 11.9 Å². The number of likely N-dealkylation sites (tertiary alicyclic amines) is 1. The molecule has 0 atom stereocenters. The number of amides is 1. The highest BCUT2D eigenvalue weighted by atomic mass is 16.1. The largest absolute Gasteiger partial charge is 0.359 e. The summed E-state index contributed by atoms with van der Waals surface area (Å²) in [7, 11) is 3.51. The van der Waals surface area contributed by atoms with Crippen LogP contribution >= 0.6 is 0 Å². The third-order valence-electron chi connectivity index (χ3n) is 4.95. The van der Waals surface area contributed by atoms with Gasteiger partial charge in [0.25, 0.3) is 0 Å². The van der Waals surface area contributed by atoms with Crippen molar-refractivity contribution in [2.75, 3.05) is 27.2 Å². The number of nitrogens with zero attached hydrogens (tertiary/aromatic N) is 5. The third kappa shape index (κ3) is 5.06. The van der Waals surface area contributed by atoms with E-state index in [1.54, 1.807) is 18.1 Å². The number of rotatable bonds is 5. The Balaban J connectivity index is 1.49. The van der Waals surface area contributed by atoms with Crippen molar-refractivity contribution in [1.29, 1.82) is 0 Å². The minimum atomic E-state index is 0.130. The molecule has 0 unspecified atom stereocenters. The lowest BCUT2D eigenvalue weighted by Crippen LogP contribution is -2.45. The maximum atomic E-state index is 11.5. The van der Waals surface area contributed by atoms with Crippen molar-refractivity contribution in [1.82, 2.24) is 30.3 Å². The summed E-state index contributed by atoms with van der Waals surface area (Å²) in [6.07, 6.45) is 5.86. The number of hydrogen-bond donors (Lipinski definition) is 2. The number of piperidine rings is 1. The Labute approximate surface area is 159 Å². The van der Waals surface area contributed by atoms with Crippen LogP contribution in [0.1, 0.15) is 24.8 Å².